The predicted molar refractivity (Wildman–Crippen MR) is 74.7 cm³/mol. The number of benzene rings is 1. The summed E-state index contributed by atoms with van der Waals surface area (Å²) in [5, 5.41) is 31.2. The lowest BCUT2D eigenvalue weighted by Gasteiger charge is -2.18. The van der Waals surface area contributed by atoms with Crippen LogP contribution < -0.4 is 0 Å². The molecule has 6 nitrogen and oxygen atoms in total. The zero-order valence-corrected chi connectivity index (χ0v) is 11.2. The molecule has 2 aromatic rings. The van der Waals surface area contributed by atoms with E-state index in [1.54, 1.807) is 12.1 Å². The molecule has 106 valence electrons. The average molecular weight is 297 g/mol. The molecular formula is C13H13ClN2O4. The fourth-order valence-electron chi connectivity index (χ4n) is 2.05. The summed E-state index contributed by atoms with van der Waals surface area (Å²) in [7, 11) is 0. The molecule has 2 rings (SSSR count). The van der Waals surface area contributed by atoms with Crippen LogP contribution in [0.4, 0.5) is 5.69 Å². The SMILES string of the molecule is O=[N+]([O-])c1ccc(C(O)C(O)CCCl)c2ncccc12. The van der Waals surface area contributed by atoms with Gasteiger partial charge < -0.3 is 10.2 Å². The van der Waals surface area contributed by atoms with Gasteiger partial charge in [-0.25, -0.2) is 0 Å². The van der Waals surface area contributed by atoms with Crippen molar-refractivity contribution in [3.05, 3.63) is 46.1 Å². The highest BCUT2D eigenvalue weighted by Crippen LogP contribution is 2.31. The molecule has 0 amide bonds. The summed E-state index contributed by atoms with van der Waals surface area (Å²) in [5.41, 5.74) is 0.572. The van der Waals surface area contributed by atoms with Gasteiger partial charge in [0.2, 0.25) is 0 Å². The largest absolute Gasteiger partial charge is 0.390 e. The third kappa shape index (κ3) is 2.72. The van der Waals surface area contributed by atoms with E-state index in [-0.39, 0.29) is 18.0 Å². The first-order valence-electron chi connectivity index (χ1n) is 6.00. The predicted octanol–water partition coefficient (Wildman–Crippen LogP) is 2.17. The zero-order chi connectivity index (χ0) is 14.7. The van der Waals surface area contributed by atoms with E-state index in [4.69, 9.17) is 11.6 Å². The van der Waals surface area contributed by atoms with Crippen molar-refractivity contribution in [1.29, 1.82) is 0 Å². The average Bonchev–Trinajstić information content (AvgIpc) is 2.45. The minimum absolute atomic E-state index is 0.0871. The maximum Gasteiger partial charge on any atom is 0.278 e. The van der Waals surface area contributed by atoms with E-state index in [9.17, 15) is 20.3 Å². The highest BCUT2D eigenvalue weighted by molar-refractivity contribution is 6.17. The summed E-state index contributed by atoms with van der Waals surface area (Å²) in [6, 6.07) is 5.86. The lowest BCUT2D eigenvalue weighted by Crippen LogP contribution is -2.19. The van der Waals surface area contributed by atoms with Crippen molar-refractivity contribution in [3.8, 4) is 0 Å². The summed E-state index contributed by atoms with van der Waals surface area (Å²) in [4.78, 5) is 14.6. The summed E-state index contributed by atoms with van der Waals surface area (Å²) in [5.74, 6) is 0.205. The molecule has 20 heavy (non-hydrogen) atoms. The standard InChI is InChI=1S/C13H13ClN2O4/c14-6-5-11(17)13(18)9-3-4-10(16(19)20)8-2-1-7-15-12(8)9/h1-4,7,11,13,17-18H,5-6H2. The number of nitrogens with zero attached hydrogens (tertiary/aromatic N) is 2. The van der Waals surface area contributed by atoms with Crippen molar-refractivity contribution in [2.75, 3.05) is 5.88 Å². The Balaban J connectivity index is 2.56. The molecule has 0 aliphatic carbocycles. The summed E-state index contributed by atoms with van der Waals surface area (Å²) in [6.07, 6.45) is -0.532. The number of aliphatic hydroxyl groups is 2. The molecule has 0 bridgehead atoms. The second-order valence-corrected chi connectivity index (χ2v) is 4.70. The molecule has 2 atom stereocenters. The Labute approximate surface area is 119 Å². The van der Waals surface area contributed by atoms with Gasteiger partial charge in [-0.1, -0.05) is 0 Å². The second kappa shape index (κ2) is 6.13. The first kappa shape index (κ1) is 14.6. The quantitative estimate of drug-likeness (QED) is 0.501. The molecule has 1 aromatic carbocycles. The topological polar surface area (TPSA) is 96.5 Å². The Hall–Kier alpha value is -1.76. The van der Waals surface area contributed by atoms with Crippen molar-refractivity contribution in [1.82, 2.24) is 4.98 Å². The Morgan fingerprint density at radius 2 is 2.10 bits per heavy atom. The summed E-state index contributed by atoms with van der Waals surface area (Å²) in [6.45, 7) is 0. The van der Waals surface area contributed by atoms with Crippen LogP contribution in [-0.2, 0) is 0 Å². The van der Waals surface area contributed by atoms with Gasteiger partial charge in [-0.3, -0.25) is 15.1 Å². The van der Waals surface area contributed by atoms with Crippen molar-refractivity contribution < 1.29 is 15.1 Å². The van der Waals surface area contributed by atoms with Crippen LogP contribution in [0, 0.1) is 10.1 Å². The van der Waals surface area contributed by atoms with Crippen LogP contribution in [0.1, 0.15) is 18.1 Å². The summed E-state index contributed by atoms with van der Waals surface area (Å²) >= 11 is 5.54. The number of hydrogen-bond acceptors (Lipinski definition) is 5. The van der Waals surface area contributed by atoms with Crippen LogP contribution in [0.15, 0.2) is 30.5 Å². The van der Waals surface area contributed by atoms with E-state index in [1.807, 2.05) is 0 Å². The van der Waals surface area contributed by atoms with Crippen molar-refractivity contribution in [2.45, 2.75) is 18.6 Å². The van der Waals surface area contributed by atoms with Gasteiger partial charge in [-0.2, -0.15) is 0 Å². The van der Waals surface area contributed by atoms with E-state index in [1.165, 1.54) is 18.3 Å². The number of nitro benzene ring substituents is 1. The van der Waals surface area contributed by atoms with Gasteiger partial charge in [0.15, 0.2) is 0 Å². The molecule has 0 saturated carbocycles. The number of aliphatic hydroxyl groups excluding tert-OH is 2. The summed E-state index contributed by atoms with van der Waals surface area (Å²) < 4.78 is 0. The van der Waals surface area contributed by atoms with E-state index >= 15 is 0 Å². The highest BCUT2D eigenvalue weighted by Gasteiger charge is 2.23. The zero-order valence-electron chi connectivity index (χ0n) is 10.4. The van der Waals surface area contributed by atoms with Crippen LogP contribution in [0.2, 0.25) is 0 Å². The van der Waals surface area contributed by atoms with E-state index in [0.29, 0.717) is 16.5 Å². The fourth-order valence-corrected chi connectivity index (χ4v) is 2.28. The van der Waals surface area contributed by atoms with Crippen LogP contribution in [0.25, 0.3) is 10.9 Å². The Bertz CT molecular complexity index is 635. The second-order valence-electron chi connectivity index (χ2n) is 4.32. The van der Waals surface area contributed by atoms with Gasteiger partial charge in [0.1, 0.15) is 6.10 Å². The van der Waals surface area contributed by atoms with E-state index in [2.05, 4.69) is 4.98 Å². The number of aromatic nitrogens is 1. The molecule has 0 aliphatic heterocycles. The van der Waals surface area contributed by atoms with Gasteiger partial charge in [0, 0.05) is 23.7 Å². The molecule has 0 saturated heterocycles. The molecule has 2 N–H and O–H groups in total. The lowest BCUT2D eigenvalue weighted by molar-refractivity contribution is -0.383. The van der Waals surface area contributed by atoms with Crippen LogP contribution >= 0.6 is 11.6 Å². The number of rotatable bonds is 5. The number of nitro groups is 1. The Morgan fingerprint density at radius 1 is 1.35 bits per heavy atom. The Morgan fingerprint density at radius 3 is 2.75 bits per heavy atom. The maximum atomic E-state index is 11.0. The van der Waals surface area contributed by atoms with Crippen molar-refractivity contribution in [3.63, 3.8) is 0 Å². The molecular weight excluding hydrogens is 284 g/mol. The Kier molecular flexibility index (Phi) is 4.49. The van der Waals surface area contributed by atoms with Gasteiger partial charge in [-0.05, 0) is 24.6 Å². The monoisotopic (exact) mass is 296 g/mol. The first-order valence-corrected chi connectivity index (χ1v) is 6.54. The third-order valence-electron chi connectivity index (χ3n) is 3.06. The molecule has 0 aliphatic rings. The van der Waals surface area contributed by atoms with Gasteiger partial charge in [-0.15, -0.1) is 11.6 Å². The number of fused-ring (bicyclic) bond motifs is 1. The van der Waals surface area contributed by atoms with Crippen molar-refractivity contribution in [2.24, 2.45) is 0 Å². The van der Waals surface area contributed by atoms with Gasteiger partial charge in [0.05, 0.1) is 21.9 Å². The highest BCUT2D eigenvalue weighted by atomic mass is 35.5. The van der Waals surface area contributed by atoms with Crippen LogP contribution in [0.3, 0.4) is 0 Å². The molecule has 0 spiro atoms. The maximum absolute atomic E-state index is 11.0. The molecule has 1 heterocycles. The molecule has 7 heteroatoms. The fraction of sp³-hybridized carbons (Fsp3) is 0.308. The number of alkyl halides is 1. The molecule has 0 fully saturated rings. The molecule has 1 aromatic heterocycles. The van der Waals surface area contributed by atoms with Gasteiger partial charge in [0.25, 0.3) is 5.69 Å². The normalized spacial score (nSPS) is 14.2. The molecule has 0 radical (unpaired) electrons. The minimum Gasteiger partial charge on any atom is -0.390 e. The number of halogens is 1. The number of pyridine rings is 1. The van der Waals surface area contributed by atoms with Gasteiger partial charge >= 0.3 is 0 Å². The van der Waals surface area contributed by atoms with E-state index < -0.39 is 17.1 Å². The van der Waals surface area contributed by atoms with Crippen molar-refractivity contribution >= 4 is 28.2 Å². The van der Waals surface area contributed by atoms with Crippen LogP contribution in [0.5, 0.6) is 0 Å². The molecule has 2 unspecified atom stereocenters. The first-order chi connectivity index (χ1) is 9.56. The number of non-ortho nitro benzene ring substituents is 1. The third-order valence-corrected chi connectivity index (χ3v) is 3.28. The van der Waals surface area contributed by atoms with E-state index in [0.717, 1.165) is 0 Å². The smallest absolute Gasteiger partial charge is 0.278 e. The number of hydrogen-bond donors (Lipinski definition) is 2. The minimum atomic E-state index is -1.19. The lowest BCUT2D eigenvalue weighted by atomic mass is 9.98. The van der Waals surface area contributed by atoms with Crippen LogP contribution in [-0.4, -0.2) is 32.1 Å².